The van der Waals surface area contributed by atoms with Crippen LogP contribution in [0.1, 0.15) is 22.6 Å². The minimum Gasteiger partial charge on any atom is -0.492 e. The molecule has 0 unspecified atom stereocenters. The summed E-state index contributed by atoms with van der Waals surface area (Å²) >= 11 is 6.16. The fourth-order valence-electron chi connectivity index (χ4n) is 3.46. The summed E-state index contributed by atoms with van der Waals surface area (Å²) in [6.45, 7) is 1.64. The molecule has 4 rings (SSSR count). The first-order valence-corrected chi connectivity index (χ1v) is 10.5. The molecule has 0 N–H and O–H groups in total. The molecule has 7 heteroatoms. The van der Waals surface area contributed by atoms with Gasteiger partial charge >= 0.3 is 0 Å². The number of nitrogens with zero attached hydrogens (tertiary/aromatic N) is 4. The van der Waals surface area contributed by atoms with Gasteiger partial charge in [0.2, 0.25) is 0 Å². The van der Waals surface area contributed by atoms with Gasteiger partial charge in [-0.05, 0) is 42.8 Å². The highest BCUT2D eigenvalue weighted by molar-refractivity contribution is 6.32. The maximum absolute atomic E-state index is 12.7. The van der Waals surface area contributed by atoms with E-state index in [0.29, 0.717) is 29.5 Å². The van der Waals surface area contributed by atoms with Crippen molar-refractivity contribution >= 4 is 28.5 Å². The summed E-state index contributed by atoms with van der Waals surface area (Å²) in [5.41, 5.74) is 2.50. The maximum atomic E-state index is 12.7. The zero-order chi connectivity index (χ0) is 21.6. The molecule has 0 bridgehead atoms. The Morgan fingerprint density at radius 2 is 1.90 bits per heavy atom. The first kappa shape index (κ1) is 20.9. The Labute approximate surface area is 186 Å². The number of rotatable bonds is 8. The Kier molecular flexibility index (Phi) is 6.48. The van der Waals surface area contributed by atoms with E-state index in [9.17, 15) is 4.79 Å². The Balaban J connectivity index is 1.48. The van der Waals surface area contributed by atoms with Crippen LogP contribution in [0.15, 0.2) is 73.1 Å². The Morgan fingerprint density at radius 1 is 1.10 bits per heavy atom. The largest absolute Gasteiger partial charge is 0.492 e. The van der Waals surface area contributed by atoms with Gasteiger partial charge in [-0.1, -0.05) is 35.9 Å². The third-order valence-electron chi connectivity index (χ3n) is 4.99. The van der Waals surface area contributed by atoms with Gasteiger partial charge in [0.05, 0.1) is 34.8 Å². The normalized spacial score (nSPS) is 10.9. The highest BCUT2D eigenvalue weighted by Gasteiger charge is 2.17. The molecule has 158 valence electrons. The Hall–Kier alpha value is -3.38. The van der Waals surface area contributed by atoms with Gasteiger partial charge in [-0.15, -0.1) is 0 Å². The van der Waals surface area contributed by atoms with E-state index in [2.05, 4.69) is 9.55 Å². The molecule has 0 saturated heterocycles. The number of para-hydroxylation sites is 3. The van der Waals surface area contributed by atoms with Crippen LogP contribution in [0.4, 0.5) is 0 Å². The molecular formula is C24H23ClN4O2. The van der Waals surface area contributed by atoms with Gasteiger partial charge in [-0.25, -0.2) is 4.98 Å². The Bertz CT molecular complexity index is 1180. The monoisotopic (exact) mass is 434 g/mol. The van der Waals surface area contributed by atoms with Crippen LogP contribution in [0.25, 0.3) is 11.0 Å². The highest BCUT2D eigenvalue weighted by atomic mass is 35.5. The number of carbonyl (C=O) groups excluding carboxylic acids is 1. The van der Waals surface area contributed by atoms with Crippen molar-refractivity contribution in [3.8, 4) is 5.75 Å². The number of aryl methyl sites for hydroxylation is 1. The lowest BCUT2D eigenvalue weighted by molar-refractivity contribution is 0.0779. The number of hydrogen-bond acceptors (Lipinski definition) is 4. The second-order valence-electron chi connectivity index (χ2n) is 7.20. The summed E-state index contributed by atoms with van der Waals surface area (Å²) in [4.78, 5) is 23.2. The number of hydrogen-bond donors (Lipinski definition) is 0. The molecule has 0 fully saturated rings. The van der Waals surface area contributed by atoms with Crippen molar-refractivity contribution in [1.82, 2.24) is 19.4 Å². The molecule has 0 saturated carbocycles. The second-order valence-corrected chi connectivity index (χ2v) is 7.61. The number of ether oxygens (including phenoxy) is 1. The molecule has 6 nitrogen and oxygen atoms in total. The van der Waals surface area contributed by atoms with Crippen LogP contribution in [-0.2, 0) is 13.1 Å². The summed E-state index contributed by atoms with van der Waals surface area (Å²) in [6.07, 6.45) is 4.01. The SMILES string of the molecule is CN(Cc1nc2ccccc2n1CCCOc1ccccc1Cl)C(=O)c1cccnc1. The quantitative estimate of drug-likeness (QED) is 0.373. The standard InChI is InChI=1S/C24H23ClN4O2/c1-28(24(30)18-8-6-13-26-16-18)17-23-27-20-10-3-4-11-21(20)29(23)14-7-15-31-22-12-5-2-9-19(22)25/h2-6,8-13,16H,7,14-15,17H2,1H3. The molecule has 0 radical (unpaired) electrons. The number of amides is 1. The van der Waals surface area contributed by atoms with Crippen molar-refractivity contribution in [2.75, 3.05) is 13.7 Å². The topological polar surface area (TPSA) is 60.2 Å². The van der Waals surface area contributed by atoms with Gasteiger partial charge in [-0.2, -0.15) is 0 Å². The van der Waals surface area contributed by atoms with Gasteiger partial charge in [0, 0.05) is 26.0 Å². The number of benzene rings is 2. The van der Waals surface area contributed by atoms with E-state index in [1.807, 2.05) is 48.5 Å². The molecule has 0 aliphatic carbocycles. The zero-order valence-corrected chi connectivity index (χ0v) is 18.0. The summed E-state index contributed by atoms with van der Waals surface area (Å²) in [6, 6.07) is 19.0. The van der Waals surface area contributed by atoms with Crippen LogP contribution < -0.4 is 4.74 Å². The summed E-state index contributed by atoms with van der Waals surface area (Å²) in [5, 5.41) is 0.604. The lowest BCUT2D eigenvalue weighted by atomic mass is 10.2. The van der Waals surface area contributed by atoms with Crippen LogP contribution in [0, 0.1) is 0 Å². The fraction of sp³-hybridized carbons (Fsp3) is 0.208. The van der Waals surface area contributed by atoms with E-state index >= 15 is 0 Å². The highest BCUT2D eigenvalue weighted by Crippen LogP contribution is 2.23. The van der Waals surface area contributed by atoms with Crippen molar-refractivity contribution in [2.24, 2.45) is 0 Å². The minimum atomic E-state index is -0.0891. The van der Waals surface area contributed by atoms with Crippen LogP contribution in [0.2, 0.25) is 5.02 Å². The molecule has 0 aliphatic heterocycles. The summed E-state index contributed by atoms with van der Waals surface area (Å²) in [5.74, 6) is 1.43. The predicted molar refractivity (Wildman–Crippen MR) is 121 cm³/mol. The van der Waals surface area contributed by atoms with Crippen molar-refractivity contribution in [3.63, 3.8) is 0 Å². The molecule has 0 aliphatic rings. The first-order chi connectivity index (χ1) is 15.1. The molecule has 0 atom stereocenters. The number of imidazole rings is 1. The summed E-state index contributed by atoms with van der Waals surface area (Å²) < 4.78 is 7.98. The maximum Gasteiger partial charge on any atom is 0.255 e. The number of carbonyl (C=O) groups is 1. The van der Waals surface area contributed by atoms with Gasteiger partial charge in [-0.3, -0.25) is 9.78 Å². The van der Waals surface area contributed by atoms with Gasteiger partial charge in [0.25, 0.3) is 5.91 Å². The second kappa shape index (κ2) is 9.62. The Morgan fingerprint density at radius 3 is 2.71 bits per heavy atom. The zero-order valence-electron chi connectivity index (χ0n) is 17.2. The van der Waals surface area contributed by atoms with Crippen LogP contribution in [0.5, 0.6) is 5.75 Å². The van der Waals surface area contributed by atoms with Crippen molar-refractivity contribution in [3.05, 3.63) is 89.5 Å². The van der Waals surface area contributed by atoms with E-state index in [1.54, 1.807) is 36.5 Å². The first-order valence-electron chi connectivity index (χ1n) is 10.1. The number of pyridine rings is 1. The number of aromatic nitrogens is 3. The molecule has 2 heterocycles. The predicted octanol–water partition coefficient (Wildman–Crippen LogP) is 4.83. The van der Waals surface area contributed by atoms with Crippen molar-refractivity contribution in [1.29, 1.82) is 0 Å². The molecule has 1 amide bonds. The van der Waals surface area contributed by atoms with Gasteiger partial charge < -0.3 is 14.2 Å². The lowest BCUT2D eigenvalue weighted by Crippen LogP contribution is -2.28. The molecule has 0 spiro atoms. The van der Waals surface area contributed by atoms with E-state index in [-0.39, 0.29) is 5.91 Å². The average Bonchev–Trinajstić information content (AvgIpc) is 3.14. The molecule has 31 heavy (non-hydrogen) atoms. The van der Waals surface area contributed by atoms with Crippen LogP contribution >= 0.6 is 11.6 Å². The minimum absolute atomic E-state index is 0.0891. The molecule has 2 aromatic carbocycles. The van der Waals surface area contributed by atoms with Gasteiger partial charge in [0.15, 0.2) is 0 Å². The number of fused-ring (bicyclic) bond motifs is 1. The van der Waals surface area contributed by atoms with E-state index in [4.69, 9.17) is 21.3 Å². The van der Waals surface area contributed by atoms with Crippen LogP contribution in [-0.4, -0.2) is 39.0 Å². The van der Waals surface area contributed by atoms with E-state index < -0.39 is 0 Å². The van der Waals surface area contributed by atoms with E-state index in [0.717, 1.165) is 29.8 Å². The third-order valence-corrected chi connectivity index (χ3v) is 5.30. The fourth-order valence-corrected chi connectivity index (χ4v) is 3.65. The third kappa shape index (κ3) is 4.86. The van der Waals surface area contributed by atoms with Crippen molar-refractivity contribution in [2.45, 2.75) is 19.5 Å². The van der Waals surface area contributed by atoms with Crippen LogP contribution in [0.3, 0.4) is 0 Å². The number of halogens is 1. The van der Waals surface area contributed by atoms with Crippen molar-refractivity contribution < 1.29 is 9.53 Å². The van der Waals surface area contributed by atoms with E-state index in [1.165, 1.54) is 0 Å². The van der Waals surface area contributed by atoms with Gasteiger partial charge in [0.1, 0.15) is 11.6 Å². The molecule has 4 aromatic rings. The molecular weight excluding hydrogens is 412 g/mol. The molecule has 2 aromatic heterocycles. The lowest BCUT2D eigenvalue weighted by Gasteiger charge is -2.18. The smallest absolute Gasteiger partial charge is 0.255 e. The average molecular weight is 435 g/mol. The summed E-state index contributed by atoms with van der Waals surface area (Å²) in [7, 11) is 1.78.